The van der Waals surface area contributed by atoms with Gasteiger partial charge in [0.05, 0.1) is 51.8 Å². The van der Waals surface area contributed by atoms with Crippen molar-refractivity contribution in [1.82, 2.24) is 5.32 Å². The number of nitrogens with one attached hydrogen (secondary N) is 1. The molecule has 0 radical (unpaired) electrons. The molecule has 8 nitrogen and oxygen atoms in total. The number of methoxy groups -OCH3 is 4. The van der Waals surface area contributed by atoms with E-state index in [4.69, 9.17) is 28.4 Å². The van der Waals surface area contributed by atoms with E-state index in [2.05, 4.69) is 32.2 Å². The largest absolute Gasteiger partial charge is 0.493 e. The van der Waals surface area contributed by atoms with Gasteiger partial charge >= 0.3 is 0 Å². The first-order valence-electron chi connectivity index (χ1n) is 12.5. The molecule has 0 unspecified atom stereocenters. The molecule has 3 fully saturated rings. The Bertz CT molecular complexity index is 1000. The lowest BCUT2D eigenvalue weighted by Gasteiger charge is -2.43. The van der Waals surface area contributed by atoms with Crippen molar-refractivity contribution in [3.05, 3.63) is 35.4 Å². The zero-order valence-electron chi connectivity index (χ0n) is 22.4. The van der Waals surface area contributed by atoms with E-state index >= 15 is 0 Å². The van der Waals surface area contributed by atoms with Gasteiger partial charge in [0.1, 0.15) is 5.60 Å². The maximum absolute atomic E-state index is 13.0. The maximum atomic E-state index is 13.0. The predicted octanol–water partition coefficient (Wildman–Crippen LogP) is 3.92. The molecule has 1 N–H and O–H groups in total. The van der Waals surface area contributed by atoms with Gasteiger partial charge in [0, 0.05) is 19.1 Å². The number of hydrogen-bond donors (Lipinski definition) is 1. The molecule has 8 heteroatoms. The summed E-state index contributed by atoms with van der Waals surface area (Å²) in [5.74, 6) is 1.42. The molecule has 0 bridgehead atoms. The first kappa shape index (κ1) is 26.5. The highest BCUT2D eigenvalue weighted by Gasteiger charge is 2.71. The van der Waals surface area contributed by atoms with E-state index in [0.717, 1.165) is 24.8 Å². The summed E-state index contributed by atoms with van der Waals surface area (Å²) in [6.45, 7) is 7.07. The van der Waals surface area contributed by atoms with Gasteiger partial charge in [-0.1, -0.05) is 11.6 Å². The van der Waals surface area contributed by atoms with Gasteiger partial charge in [-0.15, -0.1) is 0 Å². The molecule has 6 atom stereocenters. The second-order valence-electron chi connectivity index (χ2n) is 10.3. The molecule has 0 aromatic heterocycles. The van der Waals surface area contributed by atoms with Crippen LogP contribution >= 0.6 is 0 Å². The lowest BCUT2D eigenvalue weighted by molar-refractivity contribution is -0.121. The molecule has 2 aliphatic heterocycles. The third-order valence-electron chi connectivity index (χ3n) is 7.74. The van der Waals surface area contributed by atoms with Crippen LogP contribution in [-0.4, -0.2) is 70.4 Å². The highest BCUT2D eigenvalue weighted by molar-refractivity contribution is 5.92. The van der Waals surface area contributed by atoms with Crippen molar-refractivity contribution in [3.8, 4) is 17.2 Å². The summed E-state index contributed by atoms with van der Waals surface area (Å²) in [5.41, 5.74) is 1.48. The van der Waals surface area contributed by atoms with E-state index < -0.39 is 0 Å². The third kappa shape index (κ3) is 5.12. The molecule has 198 valence electrons. The van der Waals surface area contributed by atoms with Crippen molar-refractivity contribution in [2.24, 2.45) is 5.92 Å². The van der Waals surface area contributed by atoms with Crippen LogP contribution in [-0.2, 0) is 19.0 Å². The molecule has 1 aromatic carbocycles. The van der Waals surface area contributed by atoms with Crippen molar-refractivity contribution in [3.63, 3.8) is 0 Å². The monoisotopic (exact) mass is 501 g/mol. The Balaban J connectivity index is 1.47. The molecule has 3 aliphatic rings. The van der Waals surface area contributed by atoms with Gasteiger partial charge in [-0.05, 0) is 63.8 Å². The summed E-state index contributed by atoms with van der Waals surface area (Å²) >= 11 is 0. The van der Waals surface area contributed by atoms with E-state index in [1.165, 1.54) is 11.6 Å². The van der Waals surface area contributed by atoms with Crippen LogP contribution < -0.4 is 19.5 Å². The molecule has 1 saturated carbocycles. The predicted molar refractivity (Wildman–Crippen MR) is 137 cm³/mol. The van der Waals surface area contributed by atoms with E-state index in [1.807, 2.05) is 0 Å². The average molecular weight is 502 g/mol. The van der Waals surface area contributed by atoms with Crippen molar-refractivity contribution in [2.75, 3.05) is 35.0 Å². The Labute approximate surface area is 213 Å². The second-order valence-corrected chi connectivity index (χ2v) is 10.3. The van der Waals surface area contributed by atoms with Crippen molar-refractivity contribution < 1.29 is 33.2 Å². The highest BCUT2D eigenvalue weighted by Crippen LogP contribution is 2.59. The standard InChI is InChI=1S/C28H39NO7/c1-17(2)8-10-22-27(3,36-22)26-24(33-6)19(12-13-28(26)16-35-28)29-23(30)11-9-18-14-20(31-4)25(34-7)21(15-18)32-5/h8-9,11,14-15,19,22,24,26H,10,12-13,16H2,1-7H3,(H,29,30)/b11-9+/t19-,22-,24-,26-,27+,28+/m1/s1. The topological polar surface area (TPSA) is 91.1 Å². The molecule has 36 heavy (non-hydrogen) atoms. The lowest BCUT2D eigenvalue weighted by atomic mass is 9.67. The molecular formula is C28H39NO7. The van der Waals surface area contributed by atoms with Crippen molar-refractivity contribution >= 4 is 12.0 Å². The van der Waals surface area contributed by atoms with Crippen LogP contribution in [0.1, 0.15) is 45.6 Å². The first-order chi connectivity index (χ1) is 17.2. The first-order valence-corrected chi connectivity index (χ1v) is 12.5. The Kier molecular flexibility index (Phi) is 7.69. The Morgan fingerprint density at radius 3 is 2.33 bits per heavy atom. The van der Waals surface area contributed by atoms with Crippen LogP contribution in [0.15, 0.2) is 29.9 Å². The molecule has 1 spiro atoms. The number of hydrogen-bond acceptors (Lipinski definition) is 7. The van der Waals surface area contributed by atoms with Crippen LogP contribution in [0, 0.1) is 5.92 Å². The number of benzene rings is 1. The SMILES string of the molecule is COc1cc(/C=C/C(=O)N[C@@H]2CC[C@]3(CO3)[C@@H]([C@@]3(C)O[C@@H]3CC=C(C)C)[C@@H]2OC)cc(OC)c1OC. The van der Waals surface area contributed by atoms with Gasteiger partial charge in [-0.25, -0.2) is 0 Å². The average Bonchev–Trinajstić information content (AvgIpc) is 3.78. The molecule has 2 heterocycles. The smallest absolute Gasteiger partial charge is 0.244 e. The van der Waals surface area contributed by atoms with Crippen LogP contribution in [0.4, 0.5) is 0 Å². The Hall–Kier alpha value is -2.55. The van der Waals surface area contributed by atoms with Gasteiger partial charge in [-0.2, -0.15) is 0 Å². The number of rotatable bonds is 10. The molecule has 2 saturated heterocycles. The minimum absolute atomic E-state index is 0.0451. The highest BCUT2D eigenvalue weighted by atomic mass is 16.6. The number of carbonyl (C=O) groups is 1. The Morgan fingerprint density at radius 1 is 1.14 bits per heavy atom. The fourth-order valence-corrected chi connectivity index (χ4v) is 5.74. The fraction of sp³-hybridized carbons (Fsp3) is 0.607. The fourth-order valence-electron chi connectivity index (χ4n) is 5.74. The molecule has 1 aromatic rings. The van der Waals surface area contributed by atoms with Crippen LogP contribution in [0.2, 0.25) is 0 Å². The summed E-state index contributed by atoms with van der Waals surface area (Å²) in [6, 6.07) is 3.45. The molecular weight excluding hydrogens is 462 g/mol. The van der Waals surface area contributed by atoms with Crippen molar-refractivity contribution in [1.29, 1.82) is 0 Å². The Morgan fingerprint density at radius 2 is 1.81 bits per heavy atom. The second kappa shape index (κ2) is 10.4. The number of ether oxygens (including phenoxy) is 6. The lowest BCUT2D eigenvalue weighted by Crippen LogP contribution is -2.59. The number of amides is 1. The normalized spacial score (nSPS) is 32.8. The van der Waals surface area contributed by atoms with E-state index in [1.54, 1.807) is 46.6 Å². The molecule has 1 aliphatic carbocycles. The minimum atomic E-state index is -0.335. The zero-order chi connectivity index (χ0) is 26.1. The zero-order valence-corrected chi connectivity index (χ0v) is 22.4. The van der Waals surface area contributed by atoms with Gasteiger partial charge < -0.3 is 33.7 Å². The quantitative estimate of drug-likeness (QED) is 0.295. The van der Waals surface area contributed by atoms with Crippen LogP contribution in [0.3, 0.4) is 0 Å². The summed E-state index contributed by atoms with van der Waals surface area (Å²) < 4.78 is 34.5. The third-order valence-corrected chi connectivity index (χ3v) is 7.74. The molecule has 1 amide bonds. The number of carbonyl (C=O) groups excluding carboxylic acids is 1. The maximum Gasteiger partial charge on any atom is 0.244 e. The van der Waals surface area contributed by atoms with Gasteiger partial charge in [0.15, 0.2) is 11.5 Å². The van der Waals surface area contributed by atoms with Gasteiger partial charge in [-0.3, -0.25) is 4.79 Å². The summed E-state index contributed by atoms with van der Waals surface area (Å²) in [4.78, 5) is 13.0. The van der Waals surface area contributed by atoms with Gasteiger partial charge in [0.2, 0.25) is 11.7 Å². The van der Waals surface area contributed by atoms with Gasteiger partial charge in [0.25, 0.3) is 0 Å². The van der Waals surface area contributed by atoms with Crippen LogP contribution in [0.5, 0.6) is 17.2 Å². The van der Waals surface area contributed by atoms with E-state index in [-0.39, 0.29) is 41.3 Å². The van der Waals surface area contributed by atoms with E-state index in [0.29, 0.717) is 23.9 Å². The minimum Gasteiger partial charge on any atom is -0.493 e. The number of allylic oxidation sites excluding steroid dienone is 1. The summed E-state index contributed by atoms with van der Waals surface area (Å²) in [5, 5.41) is 3.17. The molecule has 4 rings (SSSR count). The van der Waals surface area contributed by atoms with E-state index in [9.17, 15) is 4.79 Å². The number of epoxide rings is 2. The van der Waals surface area contributed by atoms with Crippen molar-refractivity contribution in [2.45, 2.75) is 69.5 Å². The summed E-state index contributed by atoms with van der Waals surface area (Å²) in [6.07, 6.45) is 7.92. The summed E-state index contributed by atoms with van der Waals surface area (Å²) in [7, 11) is 6.39. The van der Waals surface area contributed by atoms with Crippen LogP contribution in [0.25, 0.3) is 6.08 Å².